The number of nitrogens with zero attached hydrogens (tertiary/aromatic N) is 4. The van der Waals surface area contributed by atoms with E-state index in [-0.39, 0.29) is 24.9 Å². The van der Waals surface area contributed by atoms with E-state index in [1.807, 2.05) is 13.8 Å². The maximum Gasteiger partial charge on any atom is 0.306 e. The van der Waals surface area contributed by atoms with Gasteiger partial charge >= 0.3 is 5.97 Å². The molecule has 3 aromatic rings. The van der Waals surface area contributed by atoms with Crippen LogP contribution in [0.5, 0.6) is 0 Å². The number of carbonyl (C=O) groups is 1. The predicted molar refractivity (Wildman–Crippen MR) is 99.2 cm³/mol. The van der Waals surface area contributed by atoms with E-state index >= 15 is 0 Å². The van der Waals surface area contributed by atoms with Crippen molar-refractivity contribution < 1.29 is 9.53 Å². The number of rotatable bonds is 5. The normalized spacial score (nSPS) is 11.1. The largest absolute Gasteiger partial charge is 0.461 e. The maximum atomic E-state index is 12.1. The molecule has 0 fully saturated rings. The highest BCUT2D eigenvalue weighted by Crippen LogP contribution is 2.25. The Balaban J connectivity index is 1.67. The van der Waals surface area contributed by atoms with Gasteiger partial charge in [-0.1, -0.05) is 29.3 Å². The molecule has 0 saturated carbocycles. The van der Waals surface area contributed by atoms with Crippen molar-refractivity contribution in [2.24, 2.45) is 0 Å². The minimum absolute atomic E-state index is 0.0339. The number of halogens is 2. The van der Waals surface area contributed by atoms with Gasteiger partial charge in [-0.25, -0.2) is 4.98 Å². The summed E-state index contributed by atoms with van der Waals surface area (Å²) in [6.45, 7) is 3.79. The van der Waals surface area contributed by atoms with Gasteiger partial charge in [0.15, 0.2) is 0 Å². The first-order valence-corrected chi connectivity index (χ1v) is 8.69. The number of nitrogens with two attached hydrogens (primary N) is 1. The molecular formula is C17H17Cl2N5O2. The van der Waals surface area contributed by atoms with Gasteiger partial charge in [-0.3, -0.25) is 4.79 Å². The van der Waals surface area contributed by atoms with E-state index in [1.165, 1.54) is 0 Å². The third-order valence-corrected chi connectivity index (χ3v) is 4.79. The van der Waals surface area contributed by atoms with Crippen LogP contribution in [-0.4, -0.2) is 25.6 Å². The topological polar surface area (TPSA) is 95.4 Å². The van der Waals surface area contributed by atoms with Crippen molar-refractivity contribution in [3.63, 3.8) is 0 Å². The van der Waals surface area contributed by atoms with Gasteiger partial charge in [0, 0.05) is 33.4 Å². The Morgan fingerprint density at radius 2 is 1.88 bits per heavy atom. The summed E-state index contributed by atoms with van der Waals surface area (Å²) in [5.41, 5.74) is 8.76. The molecule has 0 radical (unpaired) electrons. The van der Waals surface area contributed by atoms with Gasteiger partial charge in [0.25, 0.3) is 5.78 Å². The molecule has 1 aromatic carbocycles. The van der Waals surface area contributed by atoms with E-state index in [1.54, 1.807) is 22.7 Å². The minimum Gasteiger partial charge on any atom is -0.461 e. The van der Waals surface area contributed by atoms with Crippen molar-refractivity contribution in [1.82, 2.24) is 19.6 Å². The average Bonchev–Trinajstić information content (AvgIpc) is 2.94. The minimum atomic E-state index is -0.349. The van der Waals surface area contributed by atoms with Crippen molar-refractivity contribution in [1.29, 1.82) is 0 Å². The molecule has 0 unspecified atom stereocenters. The molecule has 0 aliphatic heterocycles. The van der Waals surface area contributed by atoms with Gasteiger partial charge in [0.1, 0.15) is 6.61 Å². The van der Waals surface area contributed by atoms with Crippen LogP contribution in [-0.2, 0) is 22.6 Å². The van der Waals surface area contributed by atoms with Crippen molar-refractivity contribution >= 4 is 40.9 Å². The van der Waals surface area contributed by atoms with E-state index in [4.69, 9.17) is 33.7 Å². The smallest absolute Gasteiger partial charge is 0.306 e. The summed E-state index contributed by atoms with van der Waals surface area (Å²) in [6.07, 6.45) is 0.663. The molecule has 0 aliphatic carbocycles. The number of benzene rings is 1. The number of aromatic nitrogens is 4. The number of hydrogen-bond acceptors (Lipinski definition) is 6. The molecule has 0 spiro atoms. The van der Waals surface area contributed by atoms with E-state index in [9.17, 15) is 4.79 Å². The molecule has 26 heavy (non-hydrogen) atoms. The van der Waals surface area contributed by atoms with Crippen LogP contribution < -0.4 is 5.73 Å². The monoisotopic (exact) mass is 393 g/mol. The second kappa shape index (κ2) is 7.47. The number of ether oxygens (including phenoxy) is 1. The third-order valence-electron chi connectivity index (χ3n) is 4.08. The zero-order valence-electron chi connectivity index (χ0n) is 14.3. The number of fused-ring (bicyclic) bond motifs is 1. The van der Waals surface area contributed by atoms with Crippen LogP contribution in [0.15, 0.2) is 18.2 Å². The molecule has 0 bridgehead atoms. The Morgan fingerprint density at radius 1 is 1.19 bits per heavy atom. The molecule has 2 aromatic heterocycles. The summed E-state index contributed by atoms with van der Waals surface area (Å²) in [6, 6.07) is 5.14. The van der Waals surface area contributed by atoms with Crippen molar-refractivity contribution in [3.8, 4) is 0 Å². The molecule has 7 nitrogen and oxygen atoms in total. The molecule has 2 N–H and O–H groups in total. The molecule has 136 valence electrons. The lowest BCUT2D eigenvalue weighted by Gasteiger charge is -2.11. The van der Waals surface area contributed by atoms with Crippen LogP contribution in [0.1, 0.15) is 28.9 Å². The summed E-state index contributed by atoms with van der Waals surface area (Å²) in [5.74, 6) is 0.253. The van der Waals surface area contributed by atoms with Crippen LogP contribution in [0.4, 0.5) is 5.95 Å². The third kappa shape index (κ3) is 3.73. The summed E-state index contributed by atoms with van der Waals surface area (Å²) in [5, 5.41) is 5.05. The fourth-order valence-electron chi connectivity index (χ4n) is 2.71. The quantitative estimate of drug-likeness (QED) is 0.667. The standard InChI is InChI=1S/C17H17Cl2N5O2/c1-9-11(10(2)24-17(21-9)22-16(20)23-24)6-7-15(25)26-8-12-13(18)4-3-5-14(12)19/h3-5H,6-8H2,1-2H3,(H2,20,23). The second-order valence-electron chi connectivity index (χ2n) is 5.80. The lowest BCUT2D eigenvalue weighted by Crippen LogP contribution is -2.10. The Hall–Kier alpha value is -2.38. The van der Waals surface area contributed by atoms with Gasteiger partial charge in [-0.05, 0) is 38.0 Å². The van der Waals surface area contributed by atoms with Gasteiger partial charge in [0.05, 0.1) is 0 Å². The molecule has 3 rings (SSSR count). The zero-order valence-corrected chi connectivity index (χ0v) is 15.8. The second-order valence-corrected chi connectivity index (χ2v) is 6.62. The van der Waals surface area contributed by atoms with Crippen molar-refractivity contribution in [2.45, 2.75) is 33.3 Å². The first-order chi connectivity index (χ1) is 12.4. The van der Waals surface area contributed by atoms with Crippen LogP contribution in [0, 0.1) is 13.8 Å². The van der Waals surface area contributed by atoms with E-state index in [0.29, 0.717) is 27.8 Å². The number of anilines is 1. The number of carbonyl (C=O) groups excluding carboxylic acids is 1. The SMILES string of the molecule is Cc1nc2nc(N)nn2c(C)c1CCC(=O)OCc1c(Cl)cccc1Cl. The van der Waals surface area contributed by atoms with Crippen LogP contribution in [0.3, 0.4) is 0 Å². The lowest BCUT2D eigenvalue weighted by molar-refractivity contribution is -0.144. The summed E-state index contributed by atoms with van der Waals surface area (Å²) in [7, 11) is 0. The van der Waals surface area contributed by atoms with Gasteiger partial charge in [0.2, 0.25) is 5.95 Å². The molecule has 9 heteroatoms. The molecule has 2 heterocycles. The molecule has 0 amide bonds. The highest BCUT2D eigenvalue weighted by Gasteiger charge is 2.15. The fraction of sp³-hybridized carbons (Fsp3) is 0.294. The zero-order chi connectivity index (χ0) is 18.8. The van der Waals surface area contributed by atoms with Gasteiger partial charge < -0.3 is 10.5 Å². The predicted octanol–water partition coefficient (Wildman–Crippen LogP) is 3.31. The Labute approximate surface area is 160 Å². The lowest BCUT2D eigenvalue weighted by atomic mass is 10.1. The van der Waals surface area contributed by atoms with Crippen LogP contribution in [0.25, 0.3) is 5.78 Å². The number of aryl methyl sites for hydroxylation is 2. The summed E-state index contributed by atoms with van der Waals surface area (Å²) < 4.78 is 6.88. The highest BCUT2D eigenvalue weighted by atomic mass is 35.5. The van der Waals surface area contributed by atoms with Gasteiger partial charge in [-0.2, -0.15) is 9.50 Å². The Morgan fingerprint density at radius 3 is 2.58 bits per heavy atom. The molecule has 0 aliphatic rings. The van der Waals surface area contributed by atoms with Crippen molar-refractivity contribution in [3.05, 3.63) is 50.8 Å². The van der Waals surface area contributed by atoms with Gasteiger partial charge in [-0.15, -0.1) is 5.10 Å². The number of esters is 1. The Bertz CT molecular complexity index is 967. The van der Waals surface area contributed by atoms with Crippen LogP contribution >= 0.6 is 23.2 Å². The number of nitrogen functional groups attached to an aromatic ring is 1. The molecular weight excluding hydrogens is 377 g/mol. The first-order valence-electron chi connectivity index (χ1n) is 7.93. The maximum absolute atomic E-state index is 12.1. The number of hydrogen-bond donors (Lipinski definition) is 1. The van der Waals surface area contributed by atoms with E-state index < -0.39 is 0 Å². The molecule has 0 saturated heterocycles. The van der Waals surface area contributed by atoms with Crippen LogP contribution in [0.2, 0.25) is 10.0 Å². The highest BCUT2D eigenvalue weighted by molar-refractivity contribution is 6.35. The molecule has 0 atom stereocenters. The van der Waals surface area contributed by atoms with E-state index in [0.717, 1.165) is 17.0 Å². The Kier molecular flexibility index (Phi) is 5.29. The van der Waals surface area contributed by atoms with Crippen molar-refractivity contribution in [2.75, 3.05) is 5.73 Å². The van der Waals surface area contributed by atoms with E-state index in [2.05, 4.69) is 15.1 Å². The summed E-state index contributed by atoms with van der Waals surface area (Å²) in [4.78, 5) is 20.5. The summed E-state index contributed by atoms with van der Waals surface area (Å²) >= 11 is 12.2. The fourth-order valence-corrected chi connectivity index (χ4v) is 3.21. The first kappa shape index (κ1) is 18.4. The average molecular weight is 394 g/mol.